The van der Waals surface area contributed by atoms with E-state index in [0.29, 0.717) is 20.5 Å². The molecule has 1 fully saturated rings. The van der Waals surface area contributed by atoms with Gasteiger partial charge >= 0.3 is 0 Å². The lowest BCUT2D eigenvalue weighted by molar-refractivity contribution is -0.385. The average Bonchev–Trinajstić information content (AvgIpc) is 2.83. The lowest BCUT2D eigenvalue weighted by Gasteiger charge is -2.14. The molecule has 0 unspecified atom stereocenters. The van der Waals surface area contributed by atoms with Gasteiger partial charge in [-0.2, -0.15) is 0 Å². The van der Waals surface area contributed by atoms with E-state index in [0.717, 1.165) is 16.2 Å². The number of amides is 1. The smallest absolute Gasteiger partial charge is 0.268 e. The van der Waals surface area contributed by atoms with Crippen molar-refractivity contribution < 1.29 is 9.72 Å². The Morgan fingerprint density at radius 3 is 2.50 bits per heavy atom. The Morgan fingerprint density at radius 1 is 1.17 bits per heavy atom. The normalized spacial score (nSPS) is 16.0. The van der Waals surface area contributed by atoms with E-state index in [1.807, 2.05) is 12.1 Å². The summed E-state index contributed by atoms with van der Waals surface area (Å²) in [6.45, 7) is 0. The van der Waals surface area contributed by atoms with Crippen molar-refractivity contribution in [3.63, 3.8) is 0 Å². The number of hydrogen-bond acceptors (Lipinski definition) is 5. The molecule has 0 saturated carbocycles. The third-order valence-corrected chi connectivity index (χ3v) is 5.13. The van der Waals surface area contributed by atoms with Crippen molar-refractivity contribution in [2.75, 3.05) is 4.90 Å². The number of thiocarbonyl (C=S) groups is 1. The minimum absolute atomic E-state index is 0.0496. The van der Waals surface area contributed by atoms with E-state index in [2.05, 4.69) is 15.9 Å². The van der Waals surface area contributed by atoms with Gasteiger partial charge < -0.3 is 0 Å². The quantitative estimate of drug-likeness (QED) is 0.309. The van der Waals surface area contributed by atoms with Crippen molar-refractivity contribution in [1.29, 1.82) is 0 Å². The molecule has 1 aliphatic rings. The zero-order valence-corrected chi connectivity index (χ0v) is 15.2. The van der Waals surface area contributed by atoms with Gasteiger partial charge in [-0.25, -0.2) is 0 Å². The Hall–Kier alpha value is -2.03. The van der Waals surface area contributed by atoms with Gasteiger partial charge in [-0.05, 0) is 36.4 Å². The van der Waals surface area contributed by atoms with Crippen molar-refractivity contribution in [2.45, 2.75) is 0 Å². The maximum Gasteiger partial charge on any atom is 0.276 e. The van der Waals surface area contributed by atoms with Crippen LogP contribution in [0.1, 0.15) is 5.56 Å². The number of nitro benzene ring substituents is 1. The summed E-state index contributed by atoms with van der Waals surface area (Å²) < 4.78 is 1.29. The molecule has 120 valence electrons. The van der Waals surface area contributed by atoms with Crippen LogP contribution in [-0.2, 0) is 4.79 Å². The summed E-state index contributed by atoms with van der Waals surface area (Å²) in [5.74, 6) is -0.287. The number of nitrogens with zero attached hydrogens (tertiary/aromatic N) is 2. The summed E-state index contributed by atoms with van der Waals surface area (Å²) in [6, 6.07) is 13.5. The summed E-state index contributed by atoms with van der Waals surface area (Å²) in [5, 5.41) is 11.1. The van der Waals surface area contributed by atoms with Crippen LogP contribution in [0, 0.1) is 10.1 Å². The van der Waals surface area contributed by atoms with Gasteiger partial charge in [-0.15, -0.1) is 0 Å². The van der Waals surface area contributed by atoms with Gasteiger partial charge in [0.2, 0.25) is 0 Å². The van der Waals surface area contributed by atoms with E-state index < -0.39 is 4.92 Å². The van der Waals surface area contributed by atoms with Gasteiger partial charge in [0.25, 0.3) is 11.6 Å². The molecule has 1 amide bonds. The molecule has 0 aromatic heterocycles. The standard InChI is InChI=1S/C16H9BrN2O3S2/c17-11-5-7-12(8-6-11)18-15(20)14(24-16(18)23)9-10-3-1-2-4-13(10)19(21)22/h1-9H/b14-9+. The van der Waals surface area contributed by atoms with Crippen molar-refractivity contribution in [2.24, 2.45) is 0 Å². The number of hydrogen-bond donors (Lipinski definition) is 0. The zero-order valence-electron chi connectivity index (χ0n) is 12.0. The zero-order chi connectivity index (χ0) is 17.3. The van der Waals surface area contributed by atoms with Crippen LogP contribution < -0.4 is 4.90 Å². The van der Waals surface area contributed by atoms with Gasteiger partial charge in [0.15, 0.2) is 4.32 Å². The highest BCUT2D eigenvalue weighted by atomic mass is 79.9. The number of carbonyl (C=O) groups excluding carboxylic acids is 1. The molecule has 0 radical (unpaired) electrons. The molecule has 0 aliphatic carbocycles. The maximum atomic E-state index is 12.7. The molecule has 3 rings (SSSR count). The van der Waals surface area contributed by atoms with Crippen LogP contribution in [0.4, 0.5) is 11.4 Å². The molecule has 0 N–H and O–H groups in total. The highest BCUT2D eigenvalue weighted by Crippen LogP contribution is 2.37. The summed E-state index contributed by atoms with van der Waals surface area (Å²) in [7, 11) is 0. The van der Waals surface area contributed by atoms with Crippen LogP contribution in [-0.4, -0.2) is 15.2 Å². The largest absolute Gasteiger partial charge is 0.276 e. The number of anilines is 1. The molecule has 0 spiro atoms. The number of carbonyl (C=O) groups is 1. The van der Waals surface area contributed by atoms with Gasteiger partial charge in [0, 0.05) is 10.5 Å². The molecule has 24 heavy (non-hydrogen) atoms. The Labute approximate surface area is 155 Å². The maximum absolute atomic E-state index is 12.7. The van der Waals surface area contributed by atoms with E-state index in [1.165, 1.54) is 17.0 Å². The van der Waals surface area contributed by atoms with Crippen LogP contribution in [0.15, 0.2) is 57.9 Å². The van der Waals surface area contributed by atoms with Crippen molar-refractivity contribution in [3.05, 3.63) is 73.6 Å². The van der Waals surface area contributed by atoms with Gasteiger partial charge in [0.05, 0.1) is 21.1 Å². The molecule has 5 nitrogen and oxygen atoms in total. The highest BCUT2D eigenvalue weighted by Gasteiger charge is 2.33. The number of thioether (sulfide) groups is 1. The molecule has 8 heteroatoms. The number of rotatable bonds is 3. The third kappa shape index (κ3) is 3.26. The van der Waals surface area contributed by atoms with Crippen LogP contribution in [0.5, 0.6) is 0 Å². The minimum Gasteiger partial charge on any atom is -0.268 e. The number of nitro groups is 1. The predicted octanol–water partition coefficient (Wildman–Crippen LogP) is 4.76. The average molecular weight is 421 g/mol. The van der Waals surface area contributed by atoms with Crippen LogP contribution in [0.3, 0.4) is 0 Å². The van der Waals surface area contributed by atoms with Gasteiger partial charge in [-0.1, -0.05) is 52.0 Å². The Bertz CT molecular complexity index is 881. The fourth-order valence-electron chi connectivity index (χ4n) is 2.20. The first-order chi connectivity index (χ1) is 11.5. The second-order valence-corrected chi connectivity index (χ2v) is 7.40. The van der Waals surface area contributed by atoms with E-state index in [9.17, 15) is 14.9 Å². The lowest BCUT2D eigenvalue weighted by Crippen LogP contribution is -2.27. The first-order valence-electron chi connectivity index (χ1n) is 6.74. The Morgan fingerprint density at radius 2 is 1.83 bits per heavy atom. The monoisotopic (exact) mass is 420 g/mol. The Kier molecular flexibility index (Phi) is 4.79. The number of benzene rings is 2. The second-order valence-electron chi connectivity index (χ2n) is 4.81. The highest BCUT2D eigenvalue weighted by molar-refractivity contribution is 9.10. The molecule has 1 saturated heterocycles. The van der Waals surface area contributed by atoms with E-state index in [4.69, 9.17) is 12.2 Å². The van der Waals surface area contributed by atoms with Crippen molar-refractivity contribution in [3.8, 4) is 0 Å². The Balaban J connectivity index is 1.97. The molecule has 2 aromatic carbocycles. The summed E-state index contributed by atoms with van der Waals surface area (Å²) in [6.07, 6.45) is 1.51. The molecule has 0 atom stereocenters. The molecular weight excluding hydrogens is 412 g/mol. The number of halogens is 1. The minimum atomic E-state index is -0.471. The summed E-state index contributed by atoms with van der Waals surface area (Å²) >= 11 is 9.77. The summed E-state index contributed by atoms with van der Waals surface area (Å²) in [4.78, 5) is 25.1. The van der Waals surface area contributed by atoms with E-state index in [1.54, 1.807) is 30.3 Å². The predicted molar refractivity (Wildman–Crippen MR) is 103 cm³/mol. The lowest BCUT2D eigenvalue weighted by atomic mass is 10.1. The van der Waals surface area contributed by atoms with Crippen LogP contribution in [0.25, 0.3) is 6.08 Å². The van der Waals surface area contributed by atoms with Gasteiger partial charge in [0.1, 0.15) is 0 Å². The molecule has 1 heterocycles. The number of para-hydroxylation sites is 1. The molecule has 1 aliphatic heterocycles. The first-order valence-corrected chi connectivity index (χ1v) is 8.76. The van der Waals surface area contributed by atoms with Crippen LogP contribution >= 0.6 is 39.9 Å². The third-order valence-electron chi connectivity index (χ3n) is 3.30. The SMILES string of the molecule is O=C1/C(=C\c2ccccc2[N+](=O)[O-])SC(=S)N1c1ccc(Br)cc1. The summed E-state index contributed by atoms with van der Waals surface area (Å²) in [5.41, 5.74) is 0.983. The van der Waals surface area contributed by atoms with Crippen molar-refractivity contribution >= 4 is 67.6 Å². The van der Waals surface area contributed by atoms with E-state index in [-0.39, 0.29) is 11.6 Å². The van der Waals surface area contributed by atoms with Gasteiger partial charge in [-0.3, -0.25) is 19.8 Å². The topological polar surface area (TPSA) is 63.4 Å². The van der Waals surface area contributed by atoms with E-state index >= 15 is 0 Å². The second kappa shape index (κ2) is 6.84. The molecule has 0 bridgehead atoms. The fraction of sp³-hybridized carbons (Fsp3) is 0. The van der Waals surface area contributed by atoms with Crippen molar-refractivity contribution in [1.82, 2.24) is 0 Å². The first kappa shape index (κ1) is 16.8. The molecule has 2 aromatic rings. The van der Waals surface area contributed by atoms with Crippen LogP contribution in [0.2, 0.25) is 0 Å². The fourth-order valence-corrected chi connectivity index (χ4v) is 3.75. The molecular formula is C16H9BrN2O3S2.